The van der Waals surface area contributed by atoms with Gasteiger partial charge in [-0.3, -0.25) is 4.79 Å². The number of sulfonamides is 1. The maximum absolute atomic E-state index is 13.1. The Balaban J connectivity index is 1.58. The van der Waals surface area contributed by atoms with E-state index < -0.39 is 10.0 Å². The predicted octanol–water partition coefficient (Wildman–Crippen LogP) is 3.35. The van der Waals surface area contributed by atoms with E-state index in [1.807, 2.05) is 19.1 Å². The zero-order valence-corrected chi connectivity index (χ0v) is 16.8. The molecule has 2 heterocycles. The first-order chi connectivity index (χ1) is 13.5. The minimum atomic E-state index is -3.52. The third-order valence-corrected chi connectivity index (χ3v) is 6.89. The zero-order chi connectivity index (χ0) is 20.0. The van der Waals surface area contributed by atoms with Gasteiger partial charge in [-0.25, -0.2) is 8.42 Å². The van der Waals surface area contributed by atoms with Crippen molar-refractivity contribution in [3.63, 3.8) is 0 Å². The van der Waals surface area contributed by atoms with E-state index >= 15 is 0 Å². The summed E-state index contributed by atoms with van der Waals surface area (Å²) in [4.78, 5) is 12.3. The molecule has 1 aliphatic heterocycles. The number of aryl methyl sites for hydroxylation is 1. The quantitative estimate of drug-likeness (QED) is 0.721. The Kier molecular flexibility index (Phi) is 6.70. The van der Waals surface area contributed by atoms with Gasteiger partial charge in [0, 0.05) is 25.2 Å². The average Bonchev–Trinajstić information content (AvgIpc) is 3.21. The van der Waals surface area contributed by atoms with Crippen molar-refractivity contribution in [3.8, 4) is 0 Å². The lowest BCUT2D eigenvalue weighted by molar-refractivity contribution is -0.116. The molecule has 1 aliphatic rings. The van der Waals surface area contributed by atoms with Crippen molar-refractivity contribution in [1.82, 2.24) is 9.62 Å². The molecule has 3 rings (SSSR count). The Labute approximate surface area is 166 Å². The minimum absolute atomic E-state index is 0.102. The monoisotopic (exact) mass is 402 g/mol. The van der Waals surface area contributed by atoms with E-state index in [-0.39, 0.29) is 11.9 Å². The smallest absolute Gasteiger partial charge is 0.244 e. The summed E-state index contributed by atoms with van der Waals surface area (Å²) < 4.78 is 32.9. The van der Waals surface area contributed by atoms with Crippen LogP contribution in [0.1, 0.15) is 37.0 Å². The van der Waals surface area contributed by atoms with Crippen LogP contribution in [0, 0.1) is 6.92 Å². The minimum Gasteiger partial charge on any atom is -0.465 e. The molecule has 150 valence electrons. The van der Waals surface area contributed by atoms with Crippen LogP contribution in [0.15, 0.2) is 58.1 Å². The number of benzene rings is 1. The number of piperidine rings is 1. The highest BCUT2D eigenvalue weighted by Crippen LogP contribution is 2.27. The van der Waals surface area contributed by atoms with Crippen LogP contribution in [0.5, 0.6) is 0 Å². The summed E-state index contributed by atoms with van der Waals surface area (Å²) in [7, 11) is -3.52. The topological polar surface area (TPSA) is 79.6 Å². The molecule has 1 fully saturated rings. The van der Waals surface area contributed by atoms with Gasteiger partial charge in [0.1, 0.15) is 5.76 Å². The Morgan fingerprint density at radius 1 is 1.25 bits per heavy atom. The van der Waals surface area contributed by atoms with Gasteiger partial charge in [0.05, 0.1) is 11.2 Å². The zero-order valence-electron chi connectivity index (χ0n) is 16.0. The molecule has 1 N–H and O–H groups in total. The molecule has 0 aliphatic carbocycles. The highest BCUT2D eigenvalue weighted by atomic mass is 32.2. The molecule has 1 aromatic heterocycles. The molecule has 1 atom stereocenters. The molecular formula is C21H26N2O4S. The standard InChI is InChI=1S/C21H26N2O4S/c1-17-7-10-20(11-8-17)28(25,26)23-15-3-2-5-18(23)13-14-22-21(24)12-9-19-6-4-16-27-19/h4,6-12,16,18H,2-3,5,13-15H2,1H3,(H,22,24)/b12-9+/t18-/m1/s1. The lowest BCUT2D eigenvalue weighted by Gasteiger charge is -2.34. The molecule has 2 aromatic rings. The van der Waals surface area contributed by atoms with Crippen molar-refractivity contribution in [3.05, 3.63) is 60.1 Å². The second-order valence-corrected chi connectivity index (χ2v) is 8.90. The van der Waals surface area contributed by atoms with Gasteiger partial charge in [0.15, 0.2) is 0 Å². The molecule has 1 saturated heterocycles. The van der Waals surface area contributed by atoms with E-state index in [2.05, 4.69) is 5.32 Å². The van der Waals surface area contributed by atoms with Crippen LogP contribution in [-0.4, -0.2) is 37.8 Å². The Bertz CT molecular complexity index is 902. The number of amides is 1. The van der Waals surface area contributed by atoms with E-state index in [0.717, 1.165) is 24.8 Å². The van der Waals surface area contributed by atoms with Crippen LogP contribution in [-0.2, 0) is 14.8 Å². The Morgan fingerprint density at radius 3 is 2.75 bits per heavy atom. The third-order valence-electron chi connectivity index (χ3n) is 4.92. The van der Waals surface area contributed by atoms with Gasteiger partial charge in [0.2, 0.25) is 15.9 Å². The normalized spacial score (nSPS) is 18.4. The van der Waals surface area contributed by atoms with Crippen molar-refractivity contribution < 1.29 is 17.6 Å². The molecule has 1 amide bonds. The van der Waals surface area contributed by atoms with Crippen LogP contribution in [0.3, 0.4) is 0 Å². The van der Waals surface area contributed by atoms with E-state index in [9.17, 15) is 13.2 Å². The fourth-order valence-corrected chi connectivity index (χ4v) is 5.11. The molecule has 6 nitrogen and oxygen atoms in total. The molecule has 0 unspecified atom stereocenters. The molecular weight excluding hydrogens is 376 g/mol. The second-order valence-electron chi connectivity index (χ2n) is 7.01. The van der Waals surface area contributed by atoms with E-state index in [1.54, 1.807) is 40.9 Å². The maximum Gasteiger partial charge on any atom is 0.244 e. The van der Waals surface area contributed by atoms with Gasteiger partial charge >= 0.3 is 0 Å². The molecule has 0 radical (unpaired) electrons. The number of nitrogens with one attached hydrogen (secondary N) is 1. The van der Waals surface area contributed by atoms with Gasteiger partial charge < -0.3 is 9.73 Å². The first kappa shape index (κ1) is 20.4. The second kappa shape index (κ2) is 9.21. The van der Waals surface area contributed by atoms with Gasteiger partial charge in [0.25, 0.3) is 0 Å². The fourth-order valence-electron chi connectivity index (χ4n) is 3.39. The van der Waals surface area contributed by atoms with Crippen LogP contribution in [0.2, 0.25) is 0 Å². The maximum atomic E-state index is 13.1. The SMILES string of the molecule is Cc1ccc(S(=O)(=O)N2CCCC[C@@H]2CCNC(=O)/C=C/c2ccco2)cc1. The summed E-state index contributed by atoms with van der Waals surface area (Å²) in [5.74, 6) is 0.387. The lowest BCUT2D eigenvalue weighted by atomic mass is 10.0. The Hall–Kier alpha value is -2.38. The number of hydrogen-bond donors (Lipinski definition) is 1. The van der Waals surface area contributed by atoms with Crippen LogP contribution in [0.4, 0.5) is 0 Å². The van der Waals surface area contributed by atoms with Crippen molar-refractivity contribution in [2.75, 3.05) is 13.1 Å². The van der Waals surface area contributed by atoms with Crippen LogP contribution in [0.25, 0.3) is 6.08 Å². The molecule has 7 heteroatoms. The first-order valence-electron chi connectivity index (χ1n) is 9.55. The summed E-state index contributed by atoms with van der Waals surface area (Å²) in [5.41, 5.74) is 1.03. The van der Waals surface area contributed by atoms with Crippen molar-refractivity contribution in [1.29, 1.82) is 0 Å². The van der Waals surface area contributed by atoms with Gasteiger partial charge in [-0.2, -0.15) is 4.31 Å². The predicted molar refractivity (Wildman–Crippen MR) is 108 cm³/mol. The largest absolute Gasteiger partial charge is 0.465 e. The summed E-state index contributed by atoms with van der Waals surface area (Å²) in [6.07, 6.45) is 7.82. The van der Waals surface area contributed by atoms with Crippen LogP contribution >= 0.6 is 0 Å². The van der Waals surface area contributed by atoms with Gasteiger partial charge in [-0.15, -0.1) is 0 Å². The highest BCUT2D eigenvalue weighted by Gasteiger charge is 2.33. The number of carbonyl (C=O) groups is 1. The van der Waals surface area contributed by atoms with E-state index in [4.69, 9.17) is 4.42 Å². The van der Waals surface area contributed by atoms with Crippen molar-refractivity contribution in [2.45, 2.75) is 43.5 Å². The highest BCUT2D eigenvalue weighted by molar-refractivity contribution is 7.89. The van der Waals surface area contributed by atoms with E-state index in [0.29, 0.717) is 30.2 Å². The average molecular weight is 403 g/mol. The Morgan fingerprint density at radius 2 is 2.04 bits per heavy atom. The molecule has 0 bridgehead atoms. The lowest BCUT2D eigenvalue weighted by Crippen LogP contribution is -2.45. The van der Waals surface area contributed by atoms with Gasteiger partial charge in [-0.05, 0) is 56.5 Å². The van der Waals surface area contributed by atoms with Gasteiger partial charge in [-0.1, -0.05) is 24.1 Å². The molecule has 28 heavy (non-hydrogen) atoms. The summed E-state index contributed by atoms with van der Waals surface area (Å²) in [6.45, 7) is 2.88. The number of furan rings is 1. The van der Waals surface area contributed by atoms with Crippen molar-refractivity contribution >= 4 is 22.0 Å². The fraction of sp³-hybridized carbons (Fsp3) is 0.381. The number of hydrogen-bond acceptors (Lipinski definition) is 4. The van der Waals surface area contributed by atoms with E-state index in [1.165, 1.54) is 6.08 Å². The first-order valence-corrected chi connectivity index (χ1v) is 11.0. The number of nitrogens with zero attached hydrogens (tertiary/aromatic N) is 1. The number of carbonyl (C=O) groups excluding carboxylic acids is 1. The summed E-state index contributed by atoms with van der Waals surface area (Å²) in [6, 6.07) is 10.4. The molecule has 0 spiro atoms. The van der Waals surface area contributed by atoms with Crippen molar-refractivity contribution in [2.24, 2.45) is 0 Å². The molecule has 0 saturated carbocycles. The summed E-state index contributed by atoms with van der Waals surface area (Å²) in [5, 5.41) is 2.82. The third kappa shape index (κ3) is 5.11. The van der Waals surface area contributed by atoms with Crippen LogP contribution < -0.4 is 5.32 Å². The number of rotatable bonds is 7. The summed E-state index contributed by atoms with van der Waals surface area (Å²) >= 11 is 0. The molecule has 1 aromatic carbocycles.